The van der Waals surface area contributed by atoms with E-state index < -0.39 is 29.8 Å². The van der Waals surface area contributed by atoms with Crippen LogP contribution in [0, 0.1) is 0 Å². The normalized spacial score (nSPS) is 12.3. The molecule has 0 saturated carbocycles. The van der Waals surface area contributed by atoms with Crippen LogP contribution in [0.5, 0.6) is 5.75 Å². The van der Waals surface area contributed by atoms with Gasteiger partial charge in [0.05, 0.1) is 18.0 Å². The molecule has 0 fully saturated rings. The van der Waals surface area contributed by atoms with Crippen molar-refractivity contribution in [2.75, 3.05) is 13.2 Å². The van der Waals surface area contributed by atoms with Crippen molar-refractivity contribution in [2.45, 2.75) is 25.6 Å². The number of carbonyl (C=O) groups excluding carboxylic acids is 1. The molecule has 2 amide bonds. The van der Waals surface area contributed by atoms with Gasteiger partial charge in [0.25, 0.3) is 0 Å². The molecule has 0 spiro atoms. The van der Waals surface area contributed by atoms with Gasteiger partial charge in [0.2, 0.25) is 0 Å². The second-order valence-corrected chi connectivity index (χ2v) is 4.75. The summed E-state index contributed by atoms with van der Waals surface area (Å²) >= 11 is 0. The number of ether oxygens (including phenoxy) is 1. The highest BCUT2D eigenvalue weighted by Crippen LogP contribution is 2.35. The van der Waals surface area contributed by atoms with E-state index >= 15 is 0 Å². The number of halogens is 3. The van der Waals surface area contributed by atoms with Crippen LogP contribution in [0.15, 0.2) is 24.3 Å². The van der Waals surface area contributed by atoms with E-state index in [4.69, 9.17) is 9.84 Å². The summed E-state index contributed by atoms with van der Waals surface area (Å²) in [6, 6.07) is 3.59. The first kappa shape index (κ1) is 18.6. The Morgan fingerprint density at radius 1 is 1.30 bits per heavy atom. The molecule has 0 aliphatic carbocycles. The number of hydrogen-bond acceptors (Lipinski definition) is 3. The van der Waals surface area contributed by atoms with E-state index in [9.17, 15) is 22.8 Å². The Bertz CT molecular complexity index is 549. The lowest BCUT2D eigenvalue weighted by Crippen LogP contribution is -2.43. The molecule has 0 aromatic heterocycles. The first-order valence-electron chi connectivity index (χ1n) is 6.75. The monoisotopic (exact) mass is 334 g/mol. The van der Waals surface area contributed by atoms with Gasteiger partial charge < -0.3 is 20.5 Å². The van der Waals surface area contributed by atoms with E-state index in [2.05, 4.69) is 10.6 Å². The molecule has 1 unspecified atom stereocenters. The van der Waals surface area contributed by atoms with E-state index in [1.165, 1.54) is 18.2 Å². The van der Waals surface area contributed by atoms with E-state index in [1.807, 2.05) is 0 Å². The van der Waals surface area contributed by atoms with Crippen molar-refractivity contribution in [3.63, 3.8) is 0 Å². The van der Waals surface area contributed by atoms with Crippen molar-refractivity contribution < 1.29 is 32.6 Å². The third-order valence-corrected chi connectivity index (χ3v) is 2.68. The van der Waals surface area contributed by atoms with E-state index in [1.54, 1.807) is 6.92 Å². The smallest absolute Gasteiger partial charge is 0.419 e. The van der Waals surface area contributed by atoms with Crippen LogP contribution in [-0.2, 0) is 11.0 Å². The Balaban J connectivity index is 2.46. The molecular formula is C14H17F3N2O4. The van der Waals surface area contributed by atoms with Gasteiger partial charge in [0, 0.05) is 6.54 Å². The van der Waals surface area contributed by atoms with Gasteiger partial charge in [0.15, 0.2) is 0 Å². The quantitative estimate of drug-likeness (QED) is 0.714. The first-order valence-corrected chi connectivity index (χ1v) is 6.75. The standard InChI is InChI=1S/C14H17F3N2O4/c1-9(19-13(22)18-7-6-12(20)21)8-23-11-5-3-2-4-10(11)14(15,16)17/h2-5,9H,6-8H2,1H3,(H,20,21)(H2,18,19,22). The minimum atomic E-state index is -4.53. The van der Waals surface area contributed by atoms with Gasteiger partial charge in [-0.05, 0) is 19.1 Å². The zero-order valence-corrected chi connectivity index (χ0v) is 12.3. The lowest BCUT2D eigenvalue weighted by Gasteiger charge is -2.18. The fourth-order valence-electron chi connectivity index (χ4n) is 1.64. The third-order valence-electron chi connectivity index (χ3n) is 2.68. The summed E-state index contributed by atoms with van der Waals surface area (Å²) in [6.07, 6.45) is -4.75. The number of alkyl halides is 3. The molecule has 0 heterocycles. The molecule has 0 aliphatic rings. The Labute approximate surface area is 130 Å². The first-order chi connectivity index (χ1) is 10.7. The molecule has 9 heteroatoms. The van der Waals surface area contributed by atoms with Crippen LogP contribution in [-0.4, -0.2) is 36.3 Å². The summed E-state index contributed by atoms with van der Waals surface area (Å²) in [5.74, 6) is -1.37. The number of benzene rings is 1. The second kappa shape index (κ2) is 8.25. The Hall–Kier alpha value is -2.45. The molecule has 0 radical (unpaired) electrons. The molecule has 0 bridgehead atoms. The van der Waals surface area contributed by atoms with Crippen molar-refractivity contribution in [1.29, 1.82) is 0 Å². The van der Waals surface area contributed by atoms with Gasteiger partial charge in [-0.3, -0.25) is 4.79 Å². The van der Waals surface area contributed by atoms with Crippen LogP contribution in [0.3, 0.4) is 0 Å². The fourth-order valence-corrected chi connectivity index (χ4v) is 1.64. The summed E-state index contributed by atoms with van der Waals surface area (Å²) in [7, 11) is 0. The van der Waals surface area contributed by atoms with Crippen molar-refractivity contribution in [3.8, 4) is 5.75 Å². The van der Waals surface area contributed by atoms with Gasteiger partial charge >= 0.3 is 18.2 Å². The number of hydrogen-bond donors (Lipinski definition) is 3. The molecule has 1 aromatic rings. The number of amides is 2. The maximum absolute atomic E-state index is 12.8. The predicted molar refractivity (Wildman–Crippen MR) is 75.2 cm³/mol. The lowest BCUT2D eigenvalue weighted by molar-refractivity contribution is -0.139. The van der Waals surface area contributed by atoms with Crippen LogP contribution in [0.1, 0.15) is 18.9 Å². The summed E-state index contributed by atoms with van der Waals surface area (Å²) in [4.78, 5) is 21.7. The van der Waals surface area contributed by atoms with E-state index in [0.717, 1.165) is 6.07 Å². The third kappa shape index (κ3) is 6.90. The maximum Gasteiger partial charge on any atom is 0.419 e. The van der Waals surface area contributed by atoms with Crippen LogP contribution >= 0.6 is 0 Å². The second-order valence-electron chi connectivity index (χ2n) is 4.75. The highest BCUT2D eigenvalue weighted by atomic mass is 19.4. The minimum absolute atomic E-state index is 0.0499. The number of carboxylic acid groups (broad SMARTS) is 1. The Kier molecular flexibility index (Phi) is 6.67. The summed E-state index contributed by atoms with van der Waals surface area (Å²) in [6.45, 7) is 1.33. The minimum Gasteiger partial charge on any atom is -0.491 e. The van der Waals surface area contributed by atoms with Gasteiger partial charge in [-0.15, -0.1) is 0 Å². The zero-order chi connectivity index (χ0) is 17.5. The molecule has 128 valence electrons. The average molecular weight is 334 g/mol. The molecule has 1 aromatic carbocycles. The molecule has 6 nitrogen and oxygen atoms in total. The lowest BCUT2D eigenvalue weighted by atomic mass is 10.2. The summed E-state index contributed by atoms with van der Waals surface area (Å²) in [5.41, 5.74) is -0.891. The predicted octanol–water partition coefficient (Wildman–Crippen LogP) is 2.25. The molecule has 1 atom stereocenters. The number of aliphatic carboxylic acids is 1. The molecule has 0 saturated heterocycles. The molecule has 1 rings (SSSR count). The number of carboxylic acids is 1. The van der Waals surface area contributed by atoms with Crippen molar-refractivity contribution in [1.82, 2.24) is 10.6 Å². The molecule has 0 aliphatic heterocycles. The van der Waals surface area contributed by atoms with E-state index in [-0.39, 0.29) is 25.3 Å². The summed E-state index contributed by atoms with van der Waals surface area (Å²) in [5, 5.41) is 13.2. The fraction of sp³-hybridized carbons (Fsp3) is 0.429. The van der Waals surface area contributed by atoms with Crippen LogP contribution in [0.4, 0.5) is 18.0 Å². The largest absolute Gasteiger partial charge is 0.491 e. The number of rotatable bonds is 7. The Morgan fingerprint density at radius 3 is 2.57 bits per heavy atom. The van der Waals surface area contributed by atoms with Gasteiger partial charge in [-0.2, -0.15) is 13.2 Å². The number of carbonyl (C=O) groups is 2. The number of nitrogens with one attached hydrogen (secondary N) is 2. The Morgan fingerprint density at radius 2 is 1.96 bits per heavy atom. The summed E-state index contributed by atoms with van der Waals surface area (Å²) < 4.78 is 43.5. The average Bonchev–Trinajstić information content (AvgIpc) is 2.44. The highest BCUT2D eigenvalue weighted by molar-refractivity contribution is 5.75. The van der Waals surface area contributed by atoms with Crippen molar-refractivity contribution >= 4 is 12.0 Å². The zero-order valence-electron chi connectivity index (χ0n) is 12.3. The van der Waals surface area contributed by atoms with Crippen LogP contribution < -0.4 is 15.4 Å². The topological polar surface area (TPSA) is 87.7 Å². The molecular weight excluding hydrogens is 317 g/mol. The molecule has 3 N–H and O–H groups in total. The number of urea groups is 1. The van der Waals surface area contributed by atoms with Crippen LogP contribution in [0.2, 0.25) is 0 Å². The maximum atomic E-state index is 12.8. The van der Waals surface area contributed by atoms with Crippen molar-refractivity contribution in [3.05, 3.63) is 29.8 Å². The van der Waals surface area contributed by atoms with Crippen LogP contribution in [0.25, 0.3) is 0 Å². The van der Waals surface area contributed by atoms with Gasteiger partial charge in [0.1, 0.15) is 12.4 Å². The van der Waals surface area contributed by atoms with Gasteiger partial charge in [-0.25, -0.2) is 4.79 Å². The van der Waals surface area contributed by atoms with Gasteiger partial charge in [-0.1, -0.05) is 12.1 Å². The SMILES string of the molecule is CC(COc1ccccc1C(F)(F)F)NC(=O)NCCC(=O)O. The highest BCUT2D eigenvalue weighted by Gasteiger charge is 2.34. The van der Waals surface area contributed by atoms with Crippen molar-refractivity contribution in [2.24, 2.45) is 0 Å². The van der Waals surface area contributed by atoms with E-state index in [0.29, 0.717) is 0 Å². The number of para-hydroxylation sites is 1. The molecule has 23 heavy (non-hydrogen) atoms.